The summed E-state index contributed by atoms with van der Waals surface area (Å²) in [4.78, 5) is 0.0690. The molecule has 0 fully saturated rings. The van der Waals surface area contributed by atoms with Crippen molar-refractivity contribution in [1.29, 1.82) is 0 Å². The Bertz CT molecular complexity index is 761. The summed E-state index contributed by atoms with van der Waals surface area (Å²) in [7, 11) is -3.77. The molecule has 2 aromatic carbocycles. The van der Waals surface area contributed by atoms with Crippen LogP contribution in [0.15, 0.2) is 45.8 Å². The fraction of sp³-hybridized carbons (Fsp3) is 0.143. The molecule has 7 heteroatoms. The summed E-state index contributed by atoms with van der Waals surface area (Å²) < 4.78 is 40.5. The highest BCUT2D eigenvalue weighted by atomic mass is 79.9. The molecule has 21 heavy (non-hydrogen) atoms. The van der Waals surface area contributed by atoms with Crippen molar-refractivity contribution in [3.05, 3.63) is 57.8 Å². The zero-order valence-corrected chi connectivity index (χ0v) is 13.5. The molecule has 0 atom stereocenters. The molecular weight excluding hydrogens is 361 g/mol. The number of anilines is 1. The first-order chi connectivity index (χ1) is 9.83. The molecule has 2 N–H and O–H groups in total. The van der Waals surface area contributed by atoms with E-state index in [-0.39, 0.29) is 16.0 Å². The SMILES string of the molecule is Cc1cc(F)c(Br)cc1NS(=O)(=O)c1ccc(CO)cc1. The Morgan fingerprint density at radius 2 is 1.86 bits per heavy atom. The molecule has 0 spiro atoms. The normalized spacial score (nSPS) is 11.4. The third-order valence-corrected chi connectivity index (χ3v) is 4.92. The van der Waals surface area contributed by atoms with E-state index in [9.17, 15) is 12.8 Å². The topological polar surface area (TPSA) is 66.4 Å². The van der Waals surface area contributed by atoms with Crippen LogP contribution in [0.4, 0.5) is 10.1 Å². The monoisotopic (exact) mass is 373 g/mol. The standard InChI is InChI=1S/C14H13BrFNO3S/c1-9-6-13(16)12(15)7-14(9)17-21(19,20)11-4-2-10(8-18)3-5-11/h2-7,17-18H,8H2,1H3. The zero-order valence-electron chi connectivity index (χ0n) is 11.1. The average molecular weight is 374 g/mol. The minimum absolute atomic E-state index is 0.0690. The molecule has 0 amide bonds. The fourth-order valence-corrected chi connectivity index (χ4v) is 3.20. The van der Waals surface area contributed by atoms with Gasteiger partial charge in [0.15, 0.2) is 0 Å². The first-order valence-electron chi connectivity index (χ1n) is 6.02. The molecule has 0 heterocycles. The highest BCUT2D eigenvalue weighted by Gasteiger charge is 2.16. The predicted octanol–water partition coefficient (Wildman–Crippen LogP) is 3.19. The molecule has 0 aliphatic heterocycles. The van der Waals surface area contributed by atoms with Crippen LogP contribution in [0.3, 0.4) is 0 Å². The lowest BCUT2D eigenvalue weighted by molar-refractivity contribution is 0.282. The van der Waals surface area contributed by atoms with Crippen molar-refractivity contribution < 1.29 is 17.9 Å². The predicted molar refractivity (Wildman–Crippen MR) is 82.0 cm³/mol. The number of halogens is 2. The van der Waals surface area contributed by atoms with E-state index in [2.05, 4.69) is 20.7 Å². The van der Waals surface area contributed by atoms with Crippen LogP contribution < -0.4 is 4.72 Å². The number of rotatable bonds is 4. The highest BCUT2D eigenvalue weighted by Crippen LogP contribution is 2.26. The molecule has 4 nitrogen and oxygen atoms in total. The summed E-state index contributed by atoms with van der Waals surface area (Å²) in [6.07, 6.45) is 0. The molecule has 0 unspecified atom stereocenters. The first-order valence-corrected chi connectivity index (χ1v) is 8.29. The summed E-state index contributed by atoms with van der Waals surface area (Å²) in [5.74, 6) is -0.456. The van der Waals surface area contributed by atoms with Crippen molar-refractivity contribution in [3.8, 4) is 0 Å². The summed E-state index contributed by atoms with van der Waals surface area (Å²) in [5.41, 5.74) is 1.40. The van der Waals surface area contributed by atoms with Gasteiger partial charge in [-0.3, -0.25) is 4.72 Å². The van der Waals surface area contributed by atoms with Gasteiger partial charge in [-0.1, -0.05) is 12.1 Å². The van der Waals surface area contributed by atoms with E-state index in [0.717, 1.165) is 0 Å². The number of aliphatic hydroxyl groups excluding tert-OH is 1. The Morgan fingerprint density at radius 1 is 1.24 bits per heavy atom. The van der Waals surface area contributed by atoms with Crippen LogP contribution in [-0.4, -0.2) is 13.5 Å². The molecule has 0 aliphatic rings. The van der Waals surface area contributed by atoms with E-state index in [1.54, 1.807) is 6.92 Å². The van der Waals surface area contributed by atoms with Gasteiger partial charge in [0.25, 0.3) is 10.0 Å². The van der Waals surface area contributed by atoms with Gasteiger partial charge in [-0.25, -0.2) is 12.8 Å². The van der Waals surface area contributed by atoms with Crippen molar-refractivity contribution in [2.75, 3.05) is 4.72 Å². The number of aryl methyl sites for hydroxylation is 1. The minimum Gasteiger partial charge on any atom is -0.392 e. The van der Waals surface area contributed by atoms with Crippen LogP contribution in [0.2, 0.25) is 0 Å². The van der Waals surface area contributed by atoms with Gasteiger partial charge in [0.05, 0.1) is 21.7 Å². The van der Waals surface area contributed by atoms with E-state index >= 15 is 0 Å². The number of hydrogen-bond donors (Lipinski definition) is 2. The van der Waals surface area contributed by atoms with Crippen LogP contribution in [0.1, 0.15) is 11.1 Å². The lowest BCUT2D eigenvalue weighted by Gasteiger charge is -2.12. The summed E-state index contributed by atoms with van der Waals surface area (Å²) in [5, 5.41) is 8.95. The summed E-state index contributed by atoms with van der Waals surface area (Å²) in [6.45, 7) is 1.46. The van der Waals surface area contributed by atoms with E-state index in [0.29, 0.717) is 16.8 Å². The summed E-state index contributed by atoms with van der Waals surface area (Å²) >= 11 is 3.03. The molecule has 0 saturated heterocycles. The van der Waals surface area contributed by atoms with E-state index in [1.165, 1.54) is 36.4 Å². The molecule has 0 bridgehead atoms. The largest absolute Gasteiger partial charge is 0.392 e. The van der Waals surface area contributed by atoms with Gasteiger partial charge in [-0.2, -0.15) is 0 Å². The first kappa shape index (κ1) is 15.9. The quantitative estimate of drug-likeness (QED) is 0.864. The van der Waals surface area contributed by atoms with E-state index in [1.807, 2.05) is 0 Å². The maximum absolute atomic E-state index is 13.4. The van der Waals surface area contributed by atoms with Gasteiger partial charge in [0.1, 0.15) is 5.82 Å². The lowest BCUT2D eigenvalue weighted by atomic mass is 10.2. The molecule has 0 saturated carbocycles. The third kappa shape index (κ3) is 3.61. The number of nitrogens with one attached hydrogen (secondary N) is 1. The number of sulfonamides is 1. The van der Waals surface area contributed by atoms with E-state index in [4.69, 9.17) is 5.11 Å². The van der Waals surface area contributed by atoms with Gasteiger partial charge in [0.2, 0.25) is 0 Å². The molecule has 2 rings (SSSR count). The maximum atomic E-state index is 13.4. The Morgan fingerprint density at radius 3 is 2.43 bits per heavy atom. The number of aliphatic hydroxyl groups is 1. The van der Waals surface area contributed by atoms with Gasteiger partial charge < -0.3 is 5.11 Å². The minimum atomic E-state index is -3.77. The summed E-state index contributed by atoms with van der Waals surface area (Å²) in [6, 6.07) is 8.49. The Balaban J connectivity index is 2.34. The maximum Gasteiger partial charge on any atom is 0.261 e. The molecule has 0 aromatic heterocycles. The second kappa shape index (κ2) is 6.13. The van der Waals surface area contributed by atoms with Crippen LogP contribution in [-0.2, 0) is 16.6 Å². The highest BCUT2D eigenvalue weighted by molar-refractivity contribution is 9.10. The number of hydrogen-bond acceptors (Lipinski definition) is 3. The van der Waals surface area contributed by atoms with Crippen molar-refractivity contribution in [2.45, 2.75) is 18.4 Å². The molecule has 0 aliphatic carbocycles. The van der Waals surface area contributed by atoms with Crippen LogP contribution in [0.5, 0.6) is 0 Å². The molecule has 0 radical (unpaired) electrons. The Kier molecular flexibility index (Phi) is 4.65. The zero-order chi connectivity index (χ0) is 15.6. The van der Waals surface area contributed by atoms with Gasteiger partial charge in [0, 0.05) is 0 Å². The second-order valence-corrected chi connectivity index (χ2v) is 7.03. The van der Waals surface area contributed by atoms with Crippen LogP contribution >= 0.6 is 15.9 Å². The molecular formula is C14H13BrFNO3S. The smallest absolute Gasteiger partial charge is 0.261 e. The Labute approximate surface area is 130 Å². The van der Waals surface area contributed by atoms with Crippen LogP contribution in [0.25, 0.3) is 0 Å². The molecule has 2 aromatic rings. The van der Waals surface area contributed by atoms with Crippen molar-refractivity contribution in [3.63, 3.8) is 0 Å². The van der Waals surface area contributed by atoms with Crippen molar-refractivity contribution in [1.82, 2.24) is 0 Å². The molecule has 112 valence electrons. The van der Waals surface area contributed by atoms with Crippen molar-refractivity contribution in [2.24, 2.45) is 0 Å². The van der Waals surface area contributed by atoms with Crippen LogP contribution in [0, 0.1) is 12.7 Å². The number of benzene rings is 2. The Hall–Kier alpha value is -1.44. The average Bonchev–Trinajstić information content (AvgIpc) is 2.44. The second-order valence-electron chi connectivity index (χ2n) is 4.49. The van der Waals surface area contributed by atoms with Crippen molar-refractivity contribution >= 4 is 31.6 Å². The third-order valence-electron chi connectivity index (χ3n) is 2.93. The van der Waals surface area contributed by atoms with Gasteiger partial charge in [-0.05, 0) is 58.2 Å². The fourth-order valence-electron chi connectivity index (χ4n) is 1.73. The van der Waals surface area contributed by atoms with Gasteiger partial charge >= 0.3 is 0 Å². The lowest BCUT2D eigenvalue weighted by Crippen LogP contribution is -2.14. The van der Waals surface area contributed by atoms with Gasteiger partial charge in [-0.15, -0.1) is 0 Å². The van der Waals surface area contributed by atoms with E-state index < -0.39 is 15.8 Å².